The Bertz CT molecular complexity index is 1080. The van der Waals surface area contributed by atoms with Crippen molar-refractivity contribution < 1.29 is 14.7 Å². The standard InChI is InChI=1S/C18H18N6O3S2/c1-9(28-18-21-22-23-24(18)10-5-7-11(25)8-6-10)16(27)20-17-14(15(19)26)12-3-2-4-13(12)29-17/h5-9,25H,2-4H2,1H3,(H2,19,26)(H,20,27). The summed E-state index contributed by atoms with van der Waals surface area (Å²) in [5.74, 6) is -0.647. The van der Waals surface area contributed by atoms with Gasteiger partial charge < -0.3 is 16.2 Å². The van der Waals surface area contributed by atoms with E-state index in [2.05, 4.69) is 20.8 Å². The van der Waals surface area contributed by atoms with E-state index in [-0.39, 0.29) is 11.7 Å². The maximum absolute atomic E-state index is 12.7. The molecule has 9 nitrogen and oxygen atoms in total. The van der Waals surface area contributed by atoms with Crippen LogP contribution in [0.4, 0.5) is 5.00 Å². The van der Waals surface area contributed by atoms with Crippen LogP contribution in [0.25, 0.3) is 5.69 Å². The minimum absolute atomic E-state index is 0.136. The van der Waals surface area contributed by atoms with Crippen molar-refractivity contribution in [3.63, 3.8) is 0 Å². The fourth-order valence-corrected chi connectivity index (χ4v) is 5.29. The molecule has 0 aliphatic heterocycles. The molecule has 0 saturated carbocycles. The molecule has 0 spiro atoms. The van der Waals surface area contributed by atoms with Gasteiger partial charge in [0.05, 0.1) is 16.5 Å². The highest BCUT2D eigenvalue weighted by Gasteiger charge is 2.27. The van der Waals surface area contributed by atoms with Gasteiger partial charge >= 0.3 is 0 Å². The van der Waals surface area contributed by atoms with Crippen molar-refractivity contribution in [2.24, 2.45) is 5.73 Å². The van der Waals surface area contributed by atoms with Gasteiger partial charge in [-0.3, -0.25) is 9.59 Å². The van der Waals surface area contributed by atoms with Gasteiger partial charge in [-0.2, -0.15) is 4.68 Å². The van der Waals surface area contributed by atoms with Crippen molar-refractivity contribution in [2.75, 3.05) is 5.32 Å². The Labute approximate surface area is 174 Å². The summed E-state index contributed by atoms with van der Waals surface area (Å²) in [7, 11) is 0. The number of carbonyl (C=O) groups excluding carboxylic acids is 2. The van der Waals surface area contributed by atoms with Gasteiger partial charge in [0.1, 0.15) is 10.8 Å². The van der Waals surface area contributed by atoms with Crippen LogP contribution in [0.5, 0.6) is 5.75 Å². The molecule has 2 heterocycles. The van der Waals surface area contributed by atoms with Gasteiger partial charge in [-0.05, 0) is 66.4 Å². The molecule has 0 bridgehead atoms. The Hall–Kier alpha value is -2.92. The van der Waals surface area contributed by atoms with Crippen molar-refractivity contribution in [1.29, 1.82) is 0 Å². The first-order valence-corrected chi connectivity index (χ1v) is 10.6. The Morgan fingerprint density at radius 2 is 2.07 bits per heavy atom. The average molecular weight is 431 g/mol. The number of aryl methyl sites for hydroxylation is 1. The molecule has 4 rings (SSSR count). The van der Waals surface area contributed by atoms with Crippen LogP contribution in [0, 0.1) is 0 Å². The fourth-order valence-electron chi connectivity index (χ4n) is 3.19. The van der Waals surface area contributed by atoms with Gasteiger partial charge in [0, 0.05) is 4.88 Å². The van der Waals surface area contributed by atoms with Crippen molar-refractivity contribution in [2.45, 2.75) is 36.6 Å². The summed E-state index contributed by atoms with van der Waals surface area (Å²) in [6.07, 6.45) is 2.72. The van der Waals surface area contributed by atoms with Crippen molar-refractivity contribution in [3.8, 4) is 11.4 Å². The van der Waals surface area contributed by atoms with E-state index in [4.69, 9.17) is 5.73 Å². The van der Waals surface area contributed by atoms with E-state index in [0.29, 0.717) is 21.4 Å². The van der Waals surface area contributed by atoms with E-state index >= 15 is 0 Å². The molecular formula is C18H18N6O3S2. The molecule has 11 heteroatoms. The van der Waals surface area contributed by atoms with Gasteiger partial charge in [0.15, 0.2) is 0 Å². The number of phenols is 1. The summed E-state index contributed by atoms with van der Waals surface area (Å²) in [5.41, 5.74) is 7.61. The lowest BCUT2D eigenvalue weighted by Crippen LogP contribution is -2.24. The van der Waals surface area contributed by atoms with Crippen LogP contribution in [-0.2, 0) is 17.6 Å². The number of nitrogens with zero attached hydrogens (tertiary/aromatic N) is 4. The first-order chi connectivity index (χ1) is 13.9. The predicted molar refractivity (Wildman–Crippen MR) is 110 cm³/mol. The molecule has 2 amide bonds. The summed E-state index contributed by atoms with van der Waals surface area (Å²) in [5, 5.41) is 24.3. The smallest absolute Gasteiger partial charge is 0.251 e. The molecule has 0 radical (unpaired) electrons. The number of carbonyl (C=O) groups is 2. The molecular weight excluding hydrogens is 412 g/mol. The fraction of sp³-hybridized carbons (Fsp3) is 0.278. The van der Waals surface area contributed by atoms with Gasteiger partial charge in [0.25, 0.3) is 5.91 Å². The Kier molecular flexibility index (Phi) is 5.24. The van der Waals surface area contributed by atoms with Gasteiger partial charge in [-0.25, -0.2) is 0 Å². The lowest BCUT2D eigenvalue weighted by atomic mass is 10.1. The summed E-state index contributed by atoms with van der Waals surface area (Å²) in [6, 6.07) is 6.41. The first kappa shape index (κ1) is 19.4. The number of aromatic nitrogens is 4. The highest BCUT2D eigenvalue weighted by molar-refractivity contribution is 8.00. The number of phenolic OH excluding ortho intramolecular Hbond substituents is 1. The zero-order chi connectivity index (χ0) is 20.5. The van der Waals surface area contributed by atoms with E-state index in [0.717, 1.165) is 29.7 Å². The molecule has 1 aliphatic carbocycles. The van der Waals surface area contributed by atoms with E-state index < -0.39 is 11.2 Å². The van der Waals surface area contributed by atoms with Gasteiger partial charge in [-0.15, -0.1) is 16.4 Å². The SMILES string of the molecule is CC(Sc1nnnn1-c1ccc(O)cc1)C(=O)Nc1sc2c(c1C(N)=O)CCC2. The number of hydrogen-bond donors (Lipinski definition) is 3. The summed E-state index contributed by atoms with van der Waals surface area (Å²) in [6.45, 7) is 1.74. The first-order valence-electron chi connectivity index (χ1n) is 8.93. The van der Waals surface area contributed by atoms with Crippen molar-refractivity contribution in [1.82, 2.24) is 20.2 Å². The molecule has 29 heavy (non-hydrogen) atoms. The predicted octanol–water partition coefficient (Wildman–Crippen LogP) is 2.14. The van der Waals surface area contributed by atoms with Gasteiger partial charge in [0.2, 0.25) is 11.1 Å². The molecule has 0 saturated heterocycles. The van der Waals surface area contributed by atoms with Crippen LogP contribution in [0.3, 0.4) is 0 Å². The number of thiophene rings is 1. The maximum atomic E-state index is 12.7. The number of thioether (sulfide) groups is 1. The molecule has 1 aromatic carbocycles. The second kappa shape index (κ2) is 7.84. The topological polar surface area (TPSA) is 136 Å². The number of amides is 2. The molecule has 0 fully saturated rings. The normalized spacial score (nSPS) is 13.8. The van der Waals surface area contributed by atoms with Crippen LogP contribution in [0.15, 0.2) is 29.4 Å². The molecule has 3 aromatic rings. The van der Waals surface area contributed by atoms with Crippen LogP contribution < -0.4 is 11.1 Å². The number of nitrogens with one attached hydrogen (secondary N) is 1. The van der Waals surface area contributed by atoms with Crippen molar-refractivity contribution >= 4 is 39.9 Å². The number of hydrogen-bond acceptors (Lipinski definition) is 8. The van der Waals surface area contributed by atoms with Gasteiger partial charge in [-0.1, -0.05) is 11.8 Å². The van der Waals surface area contributed by atoms with E-state index in [9.17, 15) is 14.7 Å². The van der Waals surface area contributed by atoms with E-state index in [1.54, 1.807) is 19.1 Å². The van der Waals surface area contributed by atoms with Crippen LogP contribution in [0.2, 0.25) is 0 Å². The number of benzene rings is 1. The monoisotopic (exact) mass is 430 g/mol. The number of anilines is 1. The van der Waals surface area contributed by atoms with Crippen LogP contribution in [-0.4, -0.2) is 42.4 Å². The second-order valence-electron chi connectivity index (χ2n) is 6.56. The third kappa shape index (κ3) is 3.83. The Morgan fingerprint density at radius 3 is 2.79 bits per heavy atom. The lowest BCUT2D eigenvalue weighted by Gasteiger charge is -2.12. The molecule has 2 aromatic heterocycles. The zero-order valence-electron chi connectivity index (χ0n) is 15.5. The number of primary amides is 1. The minimum atomic E-state index is -0.519. The molecule has 4 N–H and O–H groups in total. The lowest BCUT2D eigenvalue weighted by molar-refractivity contribution is -0.115. The number of fused-ring (bicyclic) bond motifs is 1. The van der Waals surface area contributed by atoms with Crippen molar-refractivity contribution in [3.05, 3.63) is 40.3 Å². The minimum Gasteiger partial charge on any atom is -0.508 e. The molecule has 1 unspecified atom stereocenters. The molecule has 1 atom stereocenters. The van der Waals surface area contributed by atoms with Crippen LogP contribution >= 0.6 is 23.1 Å². The molecule has 150 valence electrons. The highest BCUT2D eigenvalue weighted by atomic mass is 32.2. The molecule has 1 aliphatic rings. The zero-order valence-corrected chi connectivity index (χ0v) is 17.1. The Morgan fingerprint density at radius 1 is 1.31 bits per heavy atom. The summed E-state index contributed by atoms with van der Waals surface area (Å²) in [4.78, 5) is 25.8. The number of nitrogens with two attached hydrogens (primary N) is 1. The third-order valence-electron chi connectivity index (χ3n) is 4.59. The summed E-state index contributed by atoms with van der Waals surface area (Å²) >= 11 is 2.61. The maximum Gasteiger partial charge on any atom is 0.251 e. The summed E-state index contributed by atoms with van der Waals surface area (Å²) < 4.78 is 1.49. The Balaban J connectivity index is 1.50. The largest absolute Gasteiger partial charge is 0.508 e. The average Bonchev–Trinajstić information content (AvgIpc) is 3.38. The van der Waals surface area contributed by atoms with Crippen LogP contribution in [0.1, 0.15) is 34.1 Å². The van der Waals surface area contributed by atoms with E-state index in [1.807, 2.05) is 0 Å². The van der Waals surface area contributed by atoms with E-state index in [1.165, 1.54) is 39.9 Å². The number of tetrazole rings is 1. The number of aromatic hydroxyl groups is 1. The second-order valence-corrected chi connectivity index (χ2v) is 8.98. The third-order valence-corrected chi connectivity index (χ3v) is 6.83. The number of rotatable bonds is 6. The highest BCUT2D eigenvalue weighted by Crippen LogP contribution is 2.39. The quantitative estimate of drug-likeness (QED) is 0.510.